The minimum atomic E-state index is -1.22. The van der Waals surface area contributed by atoms with Crippen molar-refractivity contribution in [3.63, 3.8) is 0 Å². The van der Waals surface area contributed by atoms with E-state index in [0.717, 1.165) is 16.0 Å². The Labute approximate surface area is 217 Å². The highest BCUT2D eigenvalue weighted by atomic mass is 32.2. The highest BCUT2D eigenvalue weighted by molar-refractivity contribution is 7.98. The maximum Gasteiger partial charge on any atom is 0.408 e. The maximum absolute atomic E-state index is 13.8. The lowest BCUT2D eigenvalue weighted by Crippen LogP contribution is -2.53. The maximum atomic E-state index is 13.8. The SMILES string of the molecule is COC(=O)CNC(=O)C(c1cccc(C)c1C)N(CC#N)C(=O)C(CCSC)NC(=O)OC(C)(C)C. The molecule has 0 aliphatic heterocycles. The molecule has 11 heteroatoms. The van der Waals surface area contributed by atoms with Gasteiger partial charge in [-0.3, -0.25) is 14.4 Å². The Bertz CT molecular complexity index is 986. The van der Waals surface area contributed by atoms with Crippen LogP contribution in [0.2, 0.25) is 0 Å². The van der Waals surface area contributed by atoms with Gasteiger partial charge in [0, 0.05) is 0 Å². The molecule has 1 aromatic rings. The molecule has 1 rings (SSSR count). The van der Waals surface area contributed by atoms with E-state index in [2.05, 4.69) is 15.4 Å². The Kier molecular flexibility index (Phi) is 12.3. The molecule has 36 heavy (non-hydrogen) atoms. The van der Waals surface area contributed by atoms with Gasteiger partial charge in [0.2, 0.25) is 11.8 Å². The molecule has 0 spiro atoms. The van der Waals surface area contributed by atoms with E-state index in [-0.39, 0.29) is 6.42 Å². The highest BCUT2D eigenvalue weighted by Crippen LogP contribution is 2.27. The Morgan fingerprint density at radius 3 is 2.42 bits per heavy atom. The summed E-state index contributed by atoms with van der Waals surface area (Å²) >= 11 is 1.48. The second kappa shape index (κ2) is 14.3. The van der Waals surface area contributed by atoms with Gasteiger partial charge in [-0.1, -0.05) is 18.2 Å². The van der Waals surface area contributed by atoms with Crippen LogP contribution in [0.1, 0.15) is 49.9 Å². The van der Waals surface area contributed by atoms with Crippen molar-refractivity contribution in [3.8, 4) is 6.07 Å². The lowest BCUT2D eigenvalue weighted by Gasteiger charge is -2.33. The van der Waals surface area contributed by atoms with Crippen molar-refractivity contribution < 1.29 is 28.7 Å². The van der Waals surface area contributed by atoms with Gasteiger partial charge in [0.25, 0.3) is 0 Å². The van der Waals surface area contributed by atoms with E-state index < -0.39 is 54.7 Å². The Hall–Kier alpha value is -3.26. The molecule has 3 amide bonds. The zero-order valence-corrected chi connectivity index (χ0v) is 22.8. The monoisotopic (exact) mass is 520 g/mol. The standard InChI is InChI=1S/C25H36N4O6S/c1-16-9-8-10-18(17(16)2)21(22(31)27-15-20(30)34-6)29(13-12-26)23(32)19(11-14-36-7)28-24(33)35-25(3,4)5/h8-10,19,21H,11,13-15H2,1-7H3,(H,27,31)(H,28,33). The minimum absolute atomic E-state index is 0.254. The van der Waals surface area contributed by atoms with Crippen molar-refractivity contribution in [2.45, 2.75) is 58.7 Å². The van der Waals surface area contributed by atoms with Crippen LogP contribution >= 0.6 is 11.8 Å². The molecule has 0 fully saturated rings. The van der Waals surface area contributed by atoms with Crippen LogP contribution in [0, 0.1) is 25.2 Å². The third-order valence-electron chi connectivity index (χ3n) is 5.26. The summed E-state index contributed by atoms with van der Waals surface area (Å²) in [5.41, 5.74) is 1.36. The zero-order valence-electron chi connectivity index (χ0n) is 22.0. The predicted octanol–water partition coefficient (Wildman–Crippen LogP) is 2.63. The number of aryl methyl sites for hydroxylation is 1. The number of benzene rings is 1. The molecule has 10 nitrogen and oxygen atoms in total. The van der Waals surface area contributed by atoms with Crippen LogP contribution in [0.5, 0.6) is 0 Å². The number of thioether (sulfide) groups is 1. The molecular weight excluding hydrogens is 484 g/mol. The van der Waals surface area contributed by atoms with E-state index in [1.165, 1.54) is 18.9 Å². The number of amides is 3. The van der Waals surface area contributed by atoms with Crippen LogP contribution < -0.4 is 10.6 Å². The Morgan fingerprint density at radius 1 is 1.19 bits per heavy atom. The van der Waals surface area contributed by atoms with Crippen molar-refractivity contribution in [1.29, 1.82) is 5.26 Å². The van der Waals surface area contributed by atoms with E-state index >= 15 is 0 Å². The zero-order chi connectivity index (χ0) is 27.5. The summed E-state index contributed by atoms with van der Waals surface area (Å²) in [5, 5.41) is 14.7. The number of carbonyl (C=O) groups excluding carboxylic acids is 4. The third-order valence-corrected chi connectivity index (χ3v) is 5.90. The first-order chi connectivity index (χ1) is 16.9. The number of ether oxygens (including phenoxy) is 2. The average molecular weight is 521 g/mol. The van der Waals surface area contributed by atoms with Crippen molar-refractivity contribution >= 4 is 35.6 Å². The summed E-state index contributed by atoms with van der Waals surface area (Å²) in [5.74, 6) is -1.39. The fourth-order valence-corrected chi connectivity index (χ4v) is 3.84. The Balaban J connectivity index is 3.49. The number of hydrogen-bond donors (Lipinski definition) is 2. The fraction of sp³-hybridized carbons (Fsp3) is 0.560. The van der Waals surface area contributed by atoms with Crippen molar-refractivity contribution in [1.82, 2.24) is 15.5 Å². The normalized spacial score (nSPS) is 12.5. The van der Waals surface area contributed by atoms with Gasteiger partial charge in [-0.2, -0.15) is 17.0 Å². The number of hydrogen-bond acceptors (Lipinski definition) is 8. The van der Waals surface area contributed by atoms with E-state index in [4.69, 9.17) is 4.74 Å². The largest absolute Gasteiger partial charge is 0.468 e. The molecule has 2 N–H and O–H groups in total. The smallest absolute Gasteiger partial charge is 0.408 e. The summed E-state index contributed by atoms with van der Waals surface area (Å²) < 4.78 is 9.92. The van der Waals surface area contributed by atoms with Crippen molar-refractivity contribution in [2.75, 3.05) is 32.2 Å². The van der Waals surface area contributed by atoms with E-state index in [9.17, 15) is 24.4 Å². The summed E-state index contributed by atoms with van der Waals surface area (Å²) in [7, 11) is 1.20. The van der Waals surface area contributed by atoms with Gasteiger partial charge >= 0.3 is 12.1 Å². The lowest BCUT2D eigenvalue weighted by molar-refractivity contribution is -0.144. The molecule has 198 valence electrons. The third kappa shape index (κ3) is 9.41. The number of esters is 1. The van der Waals surface area contributed by atoms with E-state index in [0.29, 0.717) is 11.3 Å². The fourth-order valence-electron chi connectivity index (χ4n) is 3.36. The quantitative estimate of drug-likeness (QED) is 0.335. The van der Waals surface area contributed by atoms with Crippen molar-refractivity contribution in [3.05, 3.63) is 34.9 Å². The summed E-state index contributed by atoms with van der Waals surface area (Å²) in [6.45, 7) is 7.96. The topological polar surface area (TPSA) is 138 Å². The molecule has 0 bridgehead atoms. The van der Waals surface area contributed by atoms with Gasteiger partial charge in [-0.05, 0) is 69.7 Å². The molecule has 0 aromatic heterocycles. The molecule has 0 aliphatic rings. The van der Waals surface area contributed by atoms with Crippen LogP contribution in [0.25, 0.3) is 0 Å². The van der Waals surface area contributed by atoms with Crippen LogP contribution in [0.3, 0.4) is 0 Å². The highest BCUT2D eigenvalue weighted by Gasteiger charge is 2.37. The first-order valence-corrected chi connectivity index (χ1v) is 12.8. The van der Waals surface area contributed by atoms with Crippen LogP contribution in [0.15, 0.2) is 18.2 Å². The van der Waals surface area contributed by atoms with Crippen molar-refractivity contribution in [2.24, 2.45) is 0 Å². The van der Waals surface area contributed by atoms with Gasteiger partial charge in [0.05, 0.1) is 13.2 Å². The molecule has 2 atom stereocenters. The van der Waals surface area contributed by atoms with Gasteiger partial charge in [-0.25, -0.2) is 4.79 Å². The summed E-state index contributed by atoms with van der Waals surface area (Å²) in [4.78, 5) is 52.4. The first-order valence-electron chi connectivity index (χ1n) is 11.4. The van der Waals surface area contributed by atoms with Gasteiger partial charge in [0.15, 0.2) is 0 Å². The molecular formula is C25H36N4O6S. The summed E-state index contributed by atoms with van der Waals surface area (Å²) in [6.07, 6.45) is 1.34. The van der Waals surface area contributed by atoms with Gasteiger partial charge in [-0.15, -0.1) is 0 Å². The van der Waals surface area contributed by atoms with Gasteiger partial charge < -0.3 is 25.0 Å². The number of nitrogens with one attached hydrogen (secondary N) is 2. The predicted molar refractivity (Wildman–Crippen MR) is 137 cm³/mol. The summed E-state index contributed by atoms with van der Waals surface area (Å²) in [6, 6.07) is 5.00. The molecule has 0 heterocycles. The van der Waals surface area contributed by atoms with Crippen LogP contribution in [0.4, 0.5) is 4.79 Å². The first kappa shape index (κ1) is 30.8. The van der Waals surface area contributed by atoms with E-state index in [1.807, 2.05) is 32.2 Å². The number of nitriles is 1. The van der Waals surface area contributed by atoms with Crippen LogP contribution in [-0.2, 0) is 23.9 Å². The number of methoxy groups -OCH3 is 1. The van der Waals surface area contributed by atoms with E-state index in [1.54, 1.807) is 32.9 Å². The van der Waals surface area contributed by atoms with Crippen LogP contribution in [-0.4, -0.2) is 72.6 Å². The minimum Gasteiger partial charge on any atom is -0.468 e. The lowest BCUT2D eigenvalue weighted by atomic mass is 9.95. The second-order valence-corrected chi connectivity index (χ2v) is 10.1. The number of nitrogens with zero attached hydrogens (tertiary/aromatic N) is 2. The number of alkyl carbamates (subject to hydrolysis) is 1. The molecule has 0 aliphatic carbocycles. The average Bonchev–Trinajstić information content (AvgIpc) is 2.80. The molecule has 0 radical (unpaired) electrons. The Morgan fingerprint density at radius 2 is 1.86 bits per heavy atom. The molecule has 0 saturated heterocycles. The second-order valence-electron chi connectivity index (χ2n) is 9.09. The molecule has 1 aromatic carbocycles. The van der Waals surface area contributed by atoms with Gasteiger partial charge in [0.1, 0.15) is 30.8 Å². The molecule has 2 unspecified atom stereocenters. The number of rotatable bonds is 11. The molecule has 0 saturated carbocycles. The number of carbonyl (C=O) groups is 4.